The van der Waals surface area contributed by atoms with E-state index in [0.29, 0.717) is 46.0 Å². The van der Waals surface area contributed by atoms with Crippen molar-refractivity contribution in [3.05, 3.63) is 80.6 Å². The molecular weight excluding hydrogens is 503 g/mol. The minimum Gasteiger partial charge on any atom is -0.497 e. The first-order valence-corrected chi connectivity index (χ1v) is 11.4. The lowest BCUT2D eigenvalue weighted by Crippen LogP contribution is -2.22. The molecule has 0 atom stereocenters. The number of aromatic nitrogens is 2. The van der Waals surface area contributed by atoms with E-state index < -0.39 is 5.82 Å². The Hall–Kier alpha value is -3.59. The maximum atomic E-state index is 13.8. The molecule has 176 valence electrons. The molecule has 9 heteroatoms. The second kappa shape index (κ2) is 9.72. The number of ether oxygens (including phenoxy) is 2. The number of rotatable bonds is 7. The van der Waals surface area contributed by atoms with E-state index in [4.69, 9.17) is 15.2 Å². The van der Waals surface area contributed by atoms with E-state index in [9.17, 15) is 9.18 Å². The number of methoxy groups -OCH3 is 2. The third-order valence-electron chi connectivity index (χ3n) is 5.64. The van der Waals surface area contributed by atoms with E-state index in [-0.39, 0.29) is 11.2 Å². The van der Waals surface area contributed by atoms with Gasteiger partial charge in [0.15, 0.2) is 0 Å². The van der Waals surface area contributed by atoms with Crippen LogP contribution in [0.2, 0.25) is 0 Å². The maximum absolute atomic E-state index is 13.8. The van der Waals surface area contributed by atoms with Crippen molar-refractivity contribution in [3.63, 3.8) is 0 Å². The van der Waals surface area contributed by atoms with Crippen LogP contribution in [0.15, 0.2) is 58.1 Å². The van der Waals surface area contributed by atoms with Crippen LogP contribution in [0.5, 0.6) is 11.5 Å². The highest BCUT2D eigenvalue weighted by Gasteiger charge is 2.15. The lowest BCUT2D eigenvalue weighted by molar-refractivity contribution is 0.391. The number of nitrogens with one attached hydrogen (secondary N) is 1. The van der Waals surface area contributed by atoms with Crippen molar-refractivity contribution in [1.82, 2.24) is 9.55 Å². The number of anilines is 2. The van der Waals surface area contributed by atoms with Crippen LogP contribution >= 0.6 is 15.9 Å². The summed E-state index contributed by atoms with van der Waals surface area (Å²) in [6, 6.07) is 10.2. The number of nitrogens with zero attached hydrogens (tertiary/aromatic N) is 2. The van der Waals surface area contributed by atoms with Crippen molar-refractivity contribution < 1.29 is 13.9 Å². The van der Waals surface area contributed by atoms with Crippen LogP contribution in [0.3, 0.4) is 0 Å². The van der Waals surface area contributed by atoms with Crippen LogP contribution in [-0.2, 0) is 13.0 Å². The lowest BCUT2D eigenvalue weighted by Gasteiger charge is -2.15. The summed E-state index contributed by atoms with van der Waals surface area (Å²) in [7, 11) is 3.22. The molecule has 0 aliphatic carbocycles. The first-order chi connectivity index (χ1) is 16.4. The van der Waals surface area contributed by atoms with Crippen LogP contribution in [0.4, 0.5) is 15.9 Å². The number of pyridine rings is 2. The van der Waals surface area contributed by atoms with Gasteiger partial charge < -0.3 is 20.5 Å². The molecule has 0 amide bonds. The predicted molar refractivity (Wildman–Crippen MR) is 136 cm³/mol. The molecule has 34 heavy (non-hydrogen) atoms. The molecule has 0 aliphatic heterocycles. The Morgan fingerprint density at radius 3 is 2.68 bits per heavy atom. The third-order valence-corrected chi connectivity index (χ3v) is 6.27. The summed E-state index contributed by atoms with van der Waals surface area (Å²) < 4.78 is 26.4. The number of nitrogen functional groups attached to an aromatic ring is 1. The summed E-state index contributed by atoms with van der Waals surface area (Å²) in [4.78, 5) is 17.9. The largest absolute Gasteiger partial charge is 0.497 e. The van der Waals surface area contributed by atoms with Gasteiger partial charge in [-0.3, -0.25) is 9.36 Å². The summed E-state index contributed by atoms with van der Waals surface area (Å²) in [6.07, 6.45) is 3.91. The molecule has 0 saturated carbocycles. The Bertz CT molecular complexity index is 1440. The number of fused-ring (bicyclic) bond motifs is 1. The number of halogens is 2. The fourth-order valence-corrected chi connectivity index (χ4v) is 4.33. The quantitative estimate of drug-likeness (QED) is 0.327. The Morgan fingerprint density at radius 1 is 1.18 bits per heavy atom. The van der Waals surface area contributed by atoms with Crippen molar-refractivity contribution in [2.24, 2.45) is 0 Å². The van der Waals surface area contributed by atoms with Crippen LogP contribution in [0, 0.1) is 5.82 Å². The monoisotopic (exact) mass is 526 g/mol. The predicted octanol–water partition coefficient (Wildman–Crippen LogP) is 5.06. The van der Waals surface area contributed by atoms with Crippen molar-refractivity contribution in [1.29, 1.82) is 0 Å². The summed E-state index contributed by atoms with van der Waals surface area (Å²) in [6.45, 7) is 2.40. The summed E-state index contributed by atoms with van der Waals surface area (Å²) in [5, 5.41) is 4.88. The molecule has 0 fully saturated rings. The maximum Gasteiger partial charge on any atom is 0.258 e. The molecule has 7 nitrogen and oxygen atoms in total. The topological polar surface area (TPSA) is 91.4 Å². The molecule has 0 saturated heterocycles. The van der Waals surface area contributed by atoms with Gasteiger partial charge in [0.25, 0.3) is 5.56 Å². The third kappa shape index (κ3) is 4.43. The fourth-order valence-electron chi connectivity index (χ4n) is 3.83. The van der Waals surface area contributed by atoms with Gasteiger partial charge >= 0.3 is 0 Å². The zero-order valence-corrected chi connectivity index (χ0v) is 20.6. The van der Waals surface area contributed by atoms with Gasteiger partial charge in [-0.1, -0.05) is 6.92 Å². The molecule has 4 aromatic rings. The fraction of sp³-hybridized carbons (Fsp3) is 0.200. The molecule has 2 heterocycles. The molecular formula is C25H24BrFN4O3. The summed E-state index contributed by atoms with van der Waals surface area (Å²) >= 11 is 3.34. The van der Waals surface area contributed by atoms with Crippen molar-refractivity contribution in [2.75, 3.05) is 25.3 Å². The first kappa shape index (κ1) is 23.6. The molecule has 0 bridgehead atoms. The number of benzene rings is 2. The van der Waals surface area contributed by atoms with Gasteiger partial charge in [-0.2, -0.15) is 0 Å². The van der Waals surface area contributed by atoms with Gasteiger partial charge in [-0.15, -0.1) is 0 Å². The highest BCUT2D eigenvalue weighted by molar-refractivity contribution is 9.10. The van der Waals surface area contributed by atoms with Crippen molar-refractivity contribution in [3.8, 4) is 17.2 Å². The zero-order chi connectivity index (χ0) is 24.4. The normalized spacial score (nSPS) is 11.0. The van der Waals surface area contributed by atoms with Gasteiger partial charge in [0.2, 0.25) is 0 Å². The second-order valence-corrected chi connectivity index (χ2v) is 8.50. The van der Waals surface area contributed by atoms with Crippen LogP contribution in [0.25, 0.3) is 16.5 Å². The Labute approximate surface area is 204 Å². The SMILES string of the molecule is CCc1c(=O)n(-c2cc(N)c(F)cc2Br)cc2cnc(NCc3ccc(OC)cc3OC)cc12. The lowest BCUT2D eigenvalue weighted by atomic mass is 10.1. The number of hydrogen-bond acceptors (Lipinski definition) is 6. The van der Waals surface area contributed by atoms with Gasteiger partial charge in [0.05, 0.1) is 25.6 Å². The molecule has 0 unspecified atom stereocenters. The van der Waals surface area contributed by atoms with Crippen LogP contribution in [-0.4, -0.2) is 23.8 Å². The van der Waals surface area contributed by atoms with E-state index in [1.54, 1.807) is 26.6 Å². The van der Waals surface area contributed by atoms with E-state index in [1.165, 1.54) is 16.7 Å². The first-order valence-electron chi connectivity index (χ1n) is 10.6. The van der Waals surface area contributed by atoms with Crippen molar-refractivity contribution >= 4 is 38.2 Å². The van der Waals surface area contributed by atoms with Gasteiger partial charge in [-0.25, -0.2) is 9.37 Å². The molecule has 0 radical (unpaired) electrons. The van der Waals surface area contributed by atoms with Crippen LogP contribution in [0.1, 0.15) is 18.1 Å². The zero-order valence-electron chi connectivity index (χ0n) is 19.0. The minimum atomic E-state index is -0.550. The number of hydrogen-bond donors (Lipinski definition) is 2. The Morgan fingerprint density at radius 2 is 1.97 bits per heavy atom. The molecule has 0 spiro atoms. The van der Waals surface area contributed by atoms with Gasteiger partial charge in [0, 0.05) is 46.0 Å². The van der Waals surface area contributed by atoms with Crippen molar-refractivity contribution in [2.45, 2.75) is 19.9 Å². The molecule has 4 rings (SSSR count). The second-order valence-electron chi connectivity index (χ2n) is 7.65. The van der Waals surface area contributed by atoms with Crippen LogP contribution < -0.4 is 26.1 Å². The highest BCUT2D eigenvalue weighted by Crippen LogP contribution is 2.28. The number of aryl methyl sites for hydroxylation is 1. The highest BCUT2D eigenvalue weighted by atomic mass is 79.9. The minimum absolute atomic E-state index is 0.0325. The average molecular weight is 527 g/mol. The number of nitrogens with two attached hydrogens (primary N) is 1. The van der Waals surface area contributed by atoms with E-state index >= 15 is 0 Å². The Kier molecular flexibility index (Phi) is 6.74. The summed E-state index contributed by atoms with van der Waals surface area (Å²) in [5.74, 6) is 1.49. The van der Waals surface area contributed by atoms with E-state index in [2.05, 4.69) is 26.2 Å². The molecule has 2 aromatic heterocycles. The standard InChI is InChI=1S/C25H24BrFN4O3/c1-4-17-18-8-24(29-11-14-5-6-16(33-2)7-23(14)34-3)30-12-15(18)13-31(25(17)32)22-10-21(28)20(27)9-19(22)26/h5-10,12-13,29H,4,11,28H2,1-3H3. The molecule has 2 aromatic carbocycles. The average Bonchev–Trinajstić information content (AvgIpc) is 2.84. The van der Waals surface area contributed by atoms with Gasteiger partial charge in [-0.05, 0) is 58.1 Å². The summed E-state index contributed by atoms with van der Waals surface area (Å²) in [5.41, 5.74) is 7.55. The van der Waals surface area contributed by atoms with E-state index in [1.807, 2.05) is 31.2 Å². The smallest absolute Gasteiger partial charge is 0.258 e. The van der Waals surface area contributed by atoms with Gasteiger partial charge in [0.1, 0.15) is 23.1 Å². The van der Waals surface area contributed by atoms with E-state index in [0.717, 1.165) is 16.3 Å². The molecule has 3 N–H and O–H groups in total. The Balaban J connectivity index is 1.72. The molecule has 0 aliphatic rings.